The molecule has 0 unspecified atom stereocenters. The maximum atomic E-state index is 5.82. The normalized spacial score (nSPS) is 18.4. The van der Waals surface area contributed by atoms with Crippen molar-refractivity contribution in [2.24, 2.45) is 0 Å². The molecule has 76 valence electrons. The van der Waals surface area contributed by atoms with E-state index in [1.165, 1.54) is 0 Å². The second-order valence-electron chi connectivity index (χ2n) is 3.60. The van der Waals surface area contributed by atoms with Crippen molar-refractivity contribution in [3.05, 3.63) is 47.7 Å². The number of fused-ring (bicyclic) bond motifs is 1. The third kappa shape index (κ3) is 1.50. The molecular weight excluding hydrogens is 190 g/mol. The van der Waals surface area contributed by atoms with Crippen molar-refractivity contribution in [3.63, 3.8) is 0 Å². The summed E-state index contributed by atoms with van der Waals surface area (Å²) in [6.07, 6.45) is 9.55. The Balaban J connectivity index is 2.01. The Hall–Kier alpha value is -1.77. The Morgan fingerprint density at radius 3 is 3.33 bits per heavy atom. The van der Waals surface area contributed by atoms with Gasteiger partial charge in [-0.25, -0.2) is 0 Å². The molecule has 3 nitrogen and oxygen atoms in total. The van der Waals surface area contributed by atoms with Crippen molar-refractivity contribution >= 4 is 0 Å². The van der Waals surface area contributed by atoms with Crippen molar-refractivity contribution in [1.29, 1.82) is 0 Å². The van der Waals surface area contributed by atoms with E-state index in [-0.39, 0.29) is 0 Å². The standard InChI is InChI=1S/C12H11NO2/c1-2-4-12-11(3-1)14-8-9-7-13-6-5-10(9)15-12/h1,3,5-7H,2,4,8H2. The minimum absolute atomic E-state index is 0.534. The third-order valence-electron chi connectivity index (χ3n) is 2.56. The lowest BCUT2D eigenvalue weighted by Gasteiger charge is -2.12. The fourth-order valence-corrected chi connectivity index (χ4v) is 1.76. The summed E-state index contributed by atoms with van der Waals surface area (Å²) in [5.41, 5.74) is 1.00. The largest absolute Gasteiger partial charge is 0.485 e. The lowest BCUT2D eigenvalue weighted by molar-refractivity contribution is 0.203. The summed E-state index contributed by atoms with van der Waals surface area (Å²) in [7, 11) is 0. The third-order valence-corrected chi connectivity index (χ3v) is 2.56. The quantitative estimate of drug-likeness (QED) is 0.646. The van der Waals surface area contributed by atoms with Gasteiger partial charge in [0, 0.05) is 18.8 Å². The number of pyridine rings is 1. The summed E-state index contributed by atoms with van der Waals surface area (Å²) in [5.74, 6) is 2.66. The highest BCUT2D eigenvalue weighted by molar-refractivity contribution is 5.35. The number of ether oxygens (including phenoxy) is 2. The van der Waals surface area contributed by atoms with Gasteiger partial charge in [-0.1, -0.05) is 6.08 Å². The van der Waals surface area contributed by atoms with Crippen LogP contribution in [0.2, 0.25) is 0 Å². The minimum Gasteiger partial charge on any atom is -0.485 e. The first-order valence-electron chi connectivity index (χ1n) is 5.07. The van der Waals surface area contributed by atoms with E-state index in [9.17, 15) is 0 Å². The summed E-state index contributed by atoms with van der Waals surface area (Å²) in [6, 6.07) is 1.88. The van der Waals surface area contributed by atoms with Gasteiger partial charge in [-0.3, -0.25) is 4.98 Å². The van der Waals surface area contributed by atoms with Gasteiger partial charge in [-0.15, -0.1) is 0 Å². The van der Waals surface area contributed by atoms with Crippen LogP contribution < -0.4 is 4.74 Å². The molecule has 1 aliphatic heterocycles. The highest BCUT2D eigenvalue weighted by Gasteiger charge is 2.18. The van der Waals surface area contributed by atoms with Crippen LogP contribution >= 0.6 is 0 Å². The Morgan fingerprint density at radius 2 is 2.33 bits per heavy atom. The Morgan fingerprint density at radius 1 is 1.33 bits per heavy atom. The molecule has 0 radical (unpaired) electrons. The van der Waals surface area contributed by atoms with Crippen LogP contribution in [0.3, 0.4) is 0 Å². The molecule has 2 heterocycles. The van der Waals surface area contributed by atoms with E-state index in [2.05, 4.69) is 11.1 Å². The lowest BCUT2D eigenvalue weighted by Crippen LogP contribution is -2.01. The number of hydrogen-bond acceptors (Lipinski definition) is 3. The van der Waals surface area contributed by atoms with Crippen LogP contribution in [0.5, 0.6) is 5.75 Å². The van der Waals surface area contributed by atoms with Crippen molar-refractivity contribution in [3.8, 4) is 5.75 Å². The fraction of sp³-hybridized carbons (Fsp3) is 0.250. The average molecular weight is 201 g/mol. The minimum atomic E-state index is 0.534. The van der Waals surface area contributed by atoms with Gasteiger partial charge in [0.25, 0.3) is 0 Å². The van der Waals surface area contributed by atoms with Crippen LogP contribution in [-0.4, -0.2) is 4.98 Å². The second-order valence-corrected chi connectivity index (χ2v) is 3.60. The van der Waals surface area contributed by atoms with Gasteiger partial charge in [-0.05, 0) is 18.6 Å². The Kier molecular flexibility index (Phi) is 1.95. The zero-order valence-electron chi connectivity index (χ0n) is 8.27. The molecule has 0 spiro atoms. The van der Waals surface area contributed by atoms with Crippen LogP contribution in [0.15, 0.2) is 42.1 Å². The summed E-state index contributed by atoms with van der Waals surface area (Å²) >= 11 is 0. The second kappa shape index (κ2) is 3.42. The first-order chi connectivity index (χ1) is 7.43. The topological polar surface area (TPSA) is 31.4 Å². The van der Waals surface area contributed by atoms with Gasteiger partial charge in [0.2, 0.25) is 0 Å². The van der Waals surface area contributed by atoms with Gasteiger partial charge in [0.15, 0.2) is 5.76 Å². The van der Waals surface area contributed by atoms with Crippen molar-refractivity contribution in [2.45, 2.75) is 19.4 Å². The first kappa shape index (κ1) is 8.53. The van der Waals surface area contributed by atoms with Gasteiger partial charge in [0.1, 0.15) is 18.1 Å². The zero-order valence-corrected chi connectivity index (χ0v) is 8.27. The van der Waals surface area contributed by atoms with Crippen LogP contribution in [0.25, 0.3) is 0 Å². The number of hydrogen-bond donors (Lipinski definition) is 0. The maximum absolute atomic E-state index is 5.82. The van der Waals surface area contributed by atoms with Crippen LogP contribution in [0.1, 0.15) is 18.4 Å². The van der Waals surface area contributed by atoms with E-state index < -0.39 is 0 Å². The van der Waals surface area contributed by atoms with Gasteiger partial charge >= 0.3 is 0 Å². The zero-order chi connectivity index (χ0) is 10.1. The summed E-state index contributed by atoms with van der Waals surface area (Å²) < 4.78 is 11.5. The van der Waals surface area contributed by atoms with E-state index in [1.807, 2.05) is 12.1 Å². The maximum Gasteiger partial charge on any atom is 0.157 e. The van der Waals surface area contributed by atoms with Crippen molar-refractivity contribution in [2.75, 3.05) is 0 Å². The number of rotatable bonds is 0. The number of nitrogens with zero attached hydrogens (tertiary/aromatic N) is 1. The molecule has 0 fully saturated rings. The van der Waals surface area contributed by atoms with Gasteiger partial charge in [-0.2, -0.15) is 0 Å². The Labute approximate surface area is 88.0 Å². The van der Waals surface area contributed by atoms with E-state index >= 15 is 0 Å². The molecule has 0 aromatic carbocycles. The van der Waals surface area contributed by atoms with E-state index in [0.717, 1.165) is 35.7 Å². The van der Waals surface area contributed by atoms with Crippen LogP contribution in [-0.2, 0) is 11.3 Å². The predicted octanol–water partition coefficient (Wildman–Crippen LogP) is 2.55. The molecule has 1 aliphatic carbocycles. The molecule has 15 heavy (non-hydrogen) atoms. The average Bonchev–Trinajstić information content (AvgIpc) is 2.48. The SMILES string of the molecule is C1=CC2=C(CC1)Oc1ccncc1CO2. The molecule has 0 saturated heterocycles. The van der Waals surface area contributed by atoms with Crippen molar-refractivity contribution < 1.29 is 9.47 Å². The Bertz CT molecular complexity index is 449. The highest BCUT2D eigenvalue weighted by atomic mass is 16.5. The van der Waals surface area contributed by atoms with E-state index in [1.54, 1.807) is 12.4 Å². The smallest absolute Gasteiger partial charge is 0.157 e. The summed E-state index contributed by atoms with van der Waals surface area (Å²) in [5, 5.41) is 0. The molecule has 3 rings (SSSR count). The lowest BCUT2D eigenvalue weighted by atomic mass is 10.1. The van der Waals surface area contributed by atoms with Crippen LogP contribution in [0.4, 0.5) is 0 Å². The van der Waals surface area contributed by atoms with E-state index in [0.29, 0.717) is 6.61 Å². The molecule has 1 aromatic heterocycles. The van der Waals surface area contributed by atoms with E-state index in [4.69, 9.17) is 9.47 Å². The number of aromatic nitrogens is 1. The molecule has 2 aliphatic rings. The summed E-state index contributed by atoms with van der Waals surface area (Å²) in [4.78, 5) is 4.06. The fourth-order valence-electron chi connectivity index (χ4n) is 1.76. The van der Waals surface area contributed by atoms with Gasteiger partial charge < -0.3 is 9.47 Å². The highest BCUT2D eigenvalue weighted by Crippen LogP contribution is 2.30. The molecule has 0 N–H and O–H groups in total. The number of allylic oxidation sites excluding steroid dienone is 3. The molecule has 0 saturated carbocycles. The van der Waals surface area contributed by atoms with Crippen molar-refractivity contribution in [1.82, 2.24) is 4.98 Å². The predicted molar refractivity (Wildman–Crippen MR) is 55.1 cm³/mol. The molecule has 0 amide bonds. The molecule has 3 heteroatoms. The summed E-state index contributed by atoms with van der Waals surface area (Å²) in [6.45, 7) is 0.534. The molecule has 0 atom stereocenters. The first-order valence-corrected chi connectivity index (χ1v) is 5.07. The molecule has 0 bridgehead atoms. The molecular formula is C12H11NO2. The van der Waals surface area contributed by atoms with Crippen LogP contribution in [0, 0.1) is 0 Å². The molecule has 1 aromatic rings. The monoisotopic (exact) mass is 201 g/mol. The van der Waals surface area contributed by atoms with Gasteiger partial charge in [0.05, 0.1) is 5.56 Å².